The Balaban J connectivity index is 0.000000385. The van der Waals surface area contributed by atoms with Crippen LogP contribution in [-0.2, 0) is 15.1 Å². The van der Waals surface area contributed by atoms with Crippen LogP contribution in [0.3, 0.4) is 0 Å². The normalized spacial score (nSPS) is 9.94. The number of para-hydroxylation sites is 1. The zero-order chi connectivity index (χ0) is 12.8. The second kappa shape index (κ2) is 6.05. The molecular formula is C8H11NO6S. The summed E-state index contributed by atoms with van der Waals surface area (Å²) in [6.07, 6.45) is 0. The van der Waals surface area contributed by atoms with Crippen LogP contribution in [0.5, 0.6) is 0 Å². The molecule has 0 fully saturated rings. The molecule has 0 aliphatic heterocycles. The Morgan fingerprint density at radius 1 is 1.31 bits per heavy atom. The molecule has 0 aliphatic rings. The van der Waals surface area contributed by atoms with Gasteiger partial charge in [-0.25, -0.2) is 4.79 Å². The number of methoxy groups -OCH3 is 1. The molecule has 0 unspecified atom stereocenters. The lowest BCUT2D eigenvalue weighted by Crippen LogP contribution is -2.04. The molecule has 4 N–H and O–H groups in total. The minimum absolute atomic E-state index is 0.400. The highest BCUT2D eigenvalue weighted by Crippen LogP contribution is 2.10. The van der Waals surface area contributed by atoms with Crippen LogP contribution >= 0.6 is 0 Å². The fourth-order valence-corrected chi connectivity index (χ4v) is 0.793. The number of anilines is 1. The number of carbonyl (C=O) groups excluding carboxylic acids is 1. The second-order valence-electron chi connectivity index (χ2n) is 2.53. The maximum absolute atomic E-state index is 10.9. The maximum Gasteiger partial charge on any atom is 0.394 e. The van der Waals surface area contributed by atoms with Crippen LogP contribution in [0.2, 0.25) is 0 Å². The molecule has 0 saturated heterocycles. The first-order chi connectivity index (χ1) is 7.25. The van der Waals surface area contributed by atoms with Crippen LogP contribution in [0.25, 0.3) is 0 Å². The second-order valence-corrected chi connectivity index (χ2v) is 3.42. The number of hydrogen-bond acceptors (Lipinski definition) is 5. The van der Waals surface area contributed by atoms with E-state index in [9.17, 15) is 4.79 Å². The van der Waals surface area contributed by atoms with Crippen molar-refractivity contribution in [3.8, 4) is 0 Å². The van der Waals surface area contributed by atoms with Gasteiger partial charge in [0.25, 0.3) is 0 Å². The minimum atomic E-state index is -4.67. The number of nitrogens with two attached hydrogens (primary N) is 1. The van der Waals surface area contributed by atoms with Gasteiger partial charge in [0.05, 0.1) is 12.7 Å². The summed E-state index contributed by atoms with van der Waals surface area (Å²) in [5.41, 5.74) is 6.35. The lowest BCUT2D eigenvalue weighted by Gasteiger charge is -2.00. The van der Waals surface area contributed by atoms with Crippen LogP contribution in [0, 0.1) is 0 Å². The molecule has 8 heteroatoms. The Morgan fingerprint density at radius 2 is 1.75 bits per heavy atom. The standard InChI is InChI=1S/C8H9NO2.H2O4S/c1-11-8(10)6-4-2-3-5-7(6)9;1-5(2,3)4/h2-5H,9H2,1H3;(H2,1,2,3,4). The van der Waals surface area contributed by atoms with Gasteiger partial charge in [-0.2, -0.15) is 8.42 Å². The summed E-state index contributed by atoms with van der Waals surface area (Å²) in [7, 11) is -3.34. The van der Waals surface area contributed by atoms with E-state index in [1.807, 2.05) is 0 Å². The number of carbonyl (C=O) groups is 1. The highest BCUT2D eigenvalue weighted by molar-refractivity contribution is 7.79. The highest BCUT2D eigenvalue weighted by Gasteiger charge is 2.06. The first-order valence-corrected chi connectivity index (χ1v) is 5.28. The van der Waals surface area contributed by atoms with Crippen LogP contribution in [0.4, 0.5) is 5.69 Å². The number of hydrogen-bond donors (Lipinski definition) is 3. The van der Waals surface area contributed by atoms with Gasteiger partial charge in [-0.05, 0) is 12.1 Å². The molecule has 0 spiro atoms. The molecule has 0 amide bonds. The smallest absolute Gasteiger partial charge is 0.394 e. The molecule has 0 aromatic heterocycles. The third-order valence-electron chi connectivity index (χ3n) is 1.37. The van der Waals surface area contributed by atoms with Crippen LogP contribution < -0.4 is 5.73 Å². The van der Waals surface area contributed by atoms with Crippen molar-refractivity contribution < 1.29 is 27.1 Å². The van der Waals surface area contributed by atoms with Gasteiger partial charge in [0.15, 0.2) is 0 Å². The summed E-state index contributed by atoms with van der Waals surface area (Å²) in [6, 6.07) is 6.79. The summed E-state index contributed by atoms with van der Waals surface area (Å²) in [4.78, 5) is 10.9. The van der Waals surface area contributed by atoms with Gasteiger partial charge in [0.1, 0.15) is 0 Å². The number of nitrogen functional groups attached to an aromatic ring is 1. The molecule has 90 valence electrons. The van der Waals surface area contributed by atoms with Crippen molar-refractivity contribution in [1.29, 1.82) is 0 Å². The summed E-state index contributed by atoms with van der Waals surface area (Å²) >= 11 is 0. The number of rotatable bonds is 1. The Labute approximate surface area is 92.4 Å². The Hall–Kier alpha value is -1.64. The van der Waals surface area contributed by atoms with Crippen molar-refractivity contribution in [3.05, 3.63) is 29.8 Å². The van der Waals surface area contributed by atoms with Crippen molar-refractivity contribution in [2.75, 3.05) is 12.8 Å². The van der Waals surface area contributed by atoms with Gasteiger partial charge < -0.3 is 10.5 Å². The van der Waals surface area contributed by atoms with Crippen molar-refractivity contribution in [3.63, 3.8) is 0 Å². The molecule has 1 aromatic rings. The molecule has 0 heterocycles. The van der Waals surface area contributed by atoms with Gasteiger partial charge in [0, 0.05) is 5.69 Å². The van der Waals surface area contributed by atoms with Gasteiger partial charge in [0.2, 0.25) is 0 Å². The molecule has 1 aromatic carbocycles. The van der Waals surface area contributed by atoms with Crippen LogP contribution in [0.1, 0.15) is 10.4 Å². The van der Waals surface area contributed by atoms with Gasteiger partial charge in [-0.3, -0.25) is 9.11 Å². The summed E-state index contributed by atoms with van der Waals surface area (Å²) in [5.74, 6) is -0.400. The van der Waals surface area contributed by atoms with Crippen molar-refractivity contribution in [2.24, 2.45) is 0 Å². The maximum atomic E-state index is 10.9. The number of ether oxygens (including phenoxy) is 1. The van der Waals surface area contributed by atoms with Crippen molar-refractivity contribution >= 4 is 22.1 Å². The van der Waals surface area contributed by atoms with Gasteiger partial charge >= 0.3 is 16.4 Å². The Kier molecular flexibility index (Phi) is 5.43. The zero-order valence-corrected chi connectivity index (χ0v) is 9.14. The average Bonchev–Trinajstić information content (AvgIpc) is 2.15. The molecule has 0 atom stereocenters. The quantitative estimate of drug-likeness (QED) is 0.373. The zero-order valence-electron chi connectivity index (χ0n) is 8.32. The van der Waals surface area contributed by atoms with Gasteiger partial charge in [-0.15, -0.1) is 0 Å². The largest absolute Gasteiger partial charge is 0.465 e. The van der Waals surface area contributed by atoms with E-state index >= 15 is 0 Å². The van der Waals surface area contributed by atoms with E-state index in [0.717, 1.165) is 0 Å². The molecule has 0 saturated carbocycles. The van der Waals surface area contributed by atoms with Crippen molar-refractivity contribution in [1.82, 2.24) is 0 Å². The first-order valence-electron chi connectivity index (χ1n) is 3.88. The molecular weight excluding hydrogens is 238 g/mol. The monoisotopic (exact) mass is 249 g/mol. The van der Waals surface area contributed by atoms with Crippen molar-refractivity contribution in [2.45, 2.75) is 0 Å². The topological polar surface area (TPSA) is 127 Å². The number of esters is 1. The Morgan fingerprint density at radius 3 is 2.12 bits per heavy atom. The van der Waals surface area contributed by atoms with E-state index in [4.69, 9.17) is 23.3 Å². The summed E-state index contributed by atoms with van der Waals surface area (Å²) in [5, 5.41) is 0. The highest BCUT2D eigenvalue weighted by atomic mass is 32.3. The lowest BCUT2D eigenvalue weighted by atomic mass is 10.2. The molecule has 0 radical (unpaired) electrons. The summed E-state index contributed by atoms with van der Waals surface area (Å²) < 4.78 is 36.1. The third-order valence-corrected chi connectivity index (χ3v) is 1.37. The molecule has 1 rings (SSSR count). The molecule has 0 aliphatic carbocycles. The average molecular weight is 249 g/mol. The fraction of sp³-hybridized carbons (Fsp3) is 0.125. The molecule has 7 nitrogen and oxygen atoms in total. The molecule has 16 heavy (non-hydrogen) atoms. The van der Waals surface area contributed by atoms with Crippen LogP contribution in [0.15, 0.2) is 24.3 Å². The lowest BCUT2D eigenvalue weighted by molar-refractivity contribution is 0.0602. The van der Waals surface area contributed by atoms with E-state index in [0.29, 0.717) is 11.3 Å². The minimum Gasteiger partial charge on any atom is -0.465 e. The van der Waals surface area contributed by atoms with Gasteiger partial charge in [-0.1, -0.05) is 12.1 Å². The number of benzene rings is 1. The van der Waals surface area contributed by atoms with E-state index in [1.54, 1.807) is 24.3 Å². The Bertz CT molecular complexity index is 447. The van der Waals surface area contributed by atoms with E-state index in [1.165, 1.54) is 7.11 Å². The fourth-order valence-electron chi connectivity index (χ4n) is 0.793. The molecule has 0 bridgehead atoms. The first kappa shape index (κ1) is 14.4. The van der Waals surface area contributed by atoms with E-state index < -0.39 is 16.4 Å². The summed E-state index contributed by atoms with van der Waals surface area (Å²) in [6.45, 7) is 0. The SMILES string of the molecule is COC(=O)c1ccccc1N.O=S(=O)(O)O. The van der Waals surface area contributed by atoms with E-state index in [-0.39, 0.29) is 0 Å². The third kappa shape index (κ3) is 6.76. The van der Waals surface area contributed by atoms with Crippen LogP contribution in [-0.4, -0.2) is 30.6 Å². The predicted molar refractivity (Wildman–Crippen MR) is 56.4 cm³/mol. The predicted octanol–water partition coefficient (Wildman–Crippen LogP) is 0.403. The van der Waals surface area contributed by atoms with E-state index in [2.05, 4.69) is 4.74 Å².